The molecular formula is C13H9BrN4O3. The maximum Gasteiger partial charge on any atom is 0.345 e. The molecule has 1 N–H and O–H groups in total. The van der Waals surface area contributed by atoms with Crippen LogP contribution in [0.1, 0.15) is 5.89 Å². The first kappa shape index (κ1) is 13.5. The minimum Gasteiger partial charge on any atom is -0.435 e. The Kier molecular flexibility index (Phi) is 3.53. The van der Waals surface area contributed by atoms with E-state index < -0.39 is 11.9 Å². The standard InChI is InChI=1S/C13H9BrN4O3/c14-9-3-1-8(2-4-9)10-5-15-11(21-10)6-17-18-12(19)7-16-13(18)20/h1-6H,7H2,(H,16,20). The number of benzene rings is 1. The third-order valence-electron chi connectivity index (χ3n) is 2.76. The normalized spacial score (nSPS) is 15.0. The van der Waals surface area contributed by atoms with Gasteiger partial charge in [-0.05, 0) is 12.1 Å². The second-order valence-electron chi connectivity index (χ2n) is 4.18. The van der Waals surface area contributed by atoms with Gasteiger partial charge in [-0.1, -0.05) is 28.1 Å². The molecule has 21 heavy (non-hydrogen) atoms. The van der Waals surface area contributed by atoms with Crippen molar-refractivity contribution in [2.24, 2.45) is 5.10 Å². The number of amides is 3. The Hall–Kier alpha value is -2.48. The highest BCUT2D eigenvalue weighted by Gasteiger charge is 2.28. The highest BCUT2D eigenvalue weighted by molar-refractivity contribution is 9.10. The Bertz CT molecular complexity index is 707. The largest absolute Gasteiger partial charge is 0.435 e. The van der Waals surface area contributed by atoms with Crippen molar-refractivity contribution >= 4 is 34.1 Å². The van der Waals surface area contributed by atoms with Gasteiger partial charge in [0, 0.05) is 10.0 Å². The number of halogens is 1. The smallest absolute Gasteiger partial charge is 0.345 e. The van der Waals surface area contributed by atoms with E-state index in [4.69, 9.17) is 4.42 Å². The number of aromatic nitrogens is 1. The Labute approximate surface area is 127 Å². The molecule has 0 unspecified atom stereocenters. The van der Waals surface area contributed by atoms with Gasteiger partial charge in [-0.3, -0.25) is 4.79 Å². The maximum atomic E-state index is 11.3. The minimum atomic E-state index is -0.559. The summed E-state index contributed by atoms with van der Waals surface area (Å²) in [6.45, 7) is -0.0497. The van der Waals surface area contributed by atoms with Gasteiger partial charge in [-0.2, -0.15) is 5.10 Å². The van der Waals surface area contributed by atoms with Crippen molar-refractivity contribution in [3.8, 4) is 11.3 Å². The zero-order valence-electron chi connectivity index (χ0n) is 10.6. The quantitative estimate of drug-likeness (QED) is 0.678. The van der Waals surface area contributed by atoms with Gasteiger partial charge < -0.3 is 9.73 Å². The number of hydrogen-bond acceptors (Lipinski definition) is 5. The Balaban J connectivity index is 1.77. The molecule has 2 heterocycles. The summed E-state index contributed by atoms with van der Waals surface area (Å²) in [4.78, 5) is 26.7. The molecule has 1 aliphatic heterocycles. The number of hydrazone groups is 1. The summed E-state index contributed by atoms with van der Waals surface area (Å²) >= 11 is 3.35. The Morgan fingerprint density at radius 1 is 1.33 bits per heavy atom. The molecule has 3 rings (SSSR count). The lowest BCUT2D eigenvalue weighted by molar-refractivity contribution is -0.124. The van der Waals surface area contributed by atoms with Gasteiger partial charge in [0.2, 0.25) is 5.89 Å². The van der Waals surface area contributed by atoms with Crippen LogP contribution < -0.4 is 5.32 Å². The van der Waals surface area contributed by atoms with E-state index in [2.05, 4.69) is 31.3 Å². The third kappa shape index (κ3) is 2.84. The van der Waals surface area contributed by atoms with Crippen LogP contribution in [0.5, 0.6) is 0 Å². The molecule has 1 fully saturated rings. The monoisotopic (exact) mass is 348 g/mol. The molecule has 1 aromatic heterocycles. The summed E-state index contributed by atoms with van der Waals surface area (Å²) in [5.41, 5.74) is 0.861. The number of nitrogens with zero attached hydrogens (tertiary/aromatic N) is 3. The van der Waals surface area contributed by atoms with Crippen molar-refractivity contribution in [1.29, 1.82) is 0 Å². The van der Waals surface area contributed by atoms with E-state index in [-0.39, 0.29) is 12.4 Å². The van der Waals surface area contributed by atoms with E-state index in [9.17, 15) is 9.59 Å². The highest BCUT2D eigenvalue weighted by atomic mass is 79.9. The van der Waals surface area contributed by atoms with Crippen molar-refractivity contribution in [3.63, 3.8) is 0 Å². The molecule has 7 nitrogen and oxygen atoms in total. The summed E-state index contributed by atoms with van der Waals surface area (Å²) in [6, 6.07) is 6.97. The number of imide groups is 1. The molecule has 1 saturated heterocycles. The summed E-state index contributed by atoms with van der Waals surface area (Å²) < 4.78 is 6.46. The van der Waals surface area contributed by atoms with E-state index in [0.717, 1.165) is 15.0 Å². The molecule has 8 heteroatoms. The number of oxazole rings is 1. The van der Waals surface area contributed by atoms with Crippen molar-refractivity contribution in [3.05, 3.63) is 40.8 Å². The number of rotatable bonds is 3. The molecule has 0 bridgehead atoms. The van der Waals surface area contributed by atoms with Crippen LogP contribution in [0.3, 0.4) is 0 Å². The number of carbonyl (C=O) groups is 2. The molecule has 106 valence electrons. The van der Waals surface area contributed by atoms with Crippen LogP contribution in [-0.2, 0) is 4.79 Å². The van der Waals surface area contributed by atoms with Gasteiger partial charge in [0.1, 0.15) is 12.8 Å². The lowest BCUT2D eigenvalue weighted by Crippen LogP contribution is -2.25. The van der Waals surface area contributed by atoms with Crippen molar-refractivity contribution < 1.29 is 14.0 Å². The van der Waals surface area contributed by atoms with Crippen LogP contribution in [0.25, 0.3) is 11.3 Å². The predicted octanol–water partition coefficient (Wildman–Crippen LogP) is 1.99. The van der Waals surface area contributed by atoms with Crippen LogP contribution in [0, 0.1) is 0 Å². The fourth-order valence-electron chi connectivity index (χ4n) is 1.73. The van der Waals surface area contributed by atoms with Crippen LogP contribution >= 0.6 is 15.9 Å². The van der Waals surface area contributed by atoms with Crippen LogP contribution in [0.15, 0.2) is 44.5 Å². The molecule has 1 aromatic carbocycles. The fraction of sp³-hybridized carbons (Fsp3) is 0.0769. The van der Waals surface area contributed by atoms with Crippen molar-refractivity contribution in [1.82, 2.24) is 15.3 Å². The van der Waals surface area contributed by atoms with Crippen LogP contribution in [-0.4, -0.2) is 34.7 Å². The lowest BCUT2D eigenvalue weighted by atomic mass is 10.2. The zero-order valence-corrected chi connectivity index (χ0v) is 12.2. The fourth-order valence-corrected chi connectivity index (χ4v) is 2.00. The van der Waals surface area contributed by atoms with Gasteiger partial charge in [-0.25, -0.2) is 9.78 Å². The van der Waals surface area contributed by atoms with Gasteiger partial charge in [0.25, 0.3) is 5.91 Å². The lowest BCUT2D eigenvalue weighted by Gasteiger charge is -2.01. The first-order valence-electron chi connectivity index (χ1n) is 6.00. The molecule has 2 aromatic rings. The third-order valence-corrected chi connectivity index (χ3v) is 3.28. The van der Waals surface area contributed by atoms with E-state index >= 15 is 0 Å². The van der Waals surface area contributed by atoms with E-state index in [0.29, 0.717) is 5.76 Å². The van der Waals surface area contributed by atoms with Crippen LogP contribution in [0.4, 0.5) is 4.79 Å². The van der Waals surface area contributed by atoms with Gasteiger partial charge in [0.15, 0.2) is 5.76 Å². The molecule has 0 saturated carbocycles. The average molecular weight is 349 g/mol. The number of urea groups is 1. The predicted molar refractivity (Wildman–Crippen MR) is 77.5 cm³/mol. The first-order valence-corrected chi connectivity index (χ1v) is 6.79. The molecule has 0 radical (unpaired) electrons. The number of carbonyl (C=O) groups excluding carboxylic acids is 2. The SMILES string of the molecule is O=C1CNC(=O)N1N=Cc1ncc(-c2ccc(Br)cc2)o1. The molecule has 0 aliphatic carbocycles. The maximum absolute atomic E-state index is 11.3. The summed E-state index contributed by atoms with van der Waals surface area (Å²) in [5, 5.41) is 6.86. The topological polar surface area (TPSA) is 87.8 Å². The van der Waals surface area contributed by atoms with Crippen molar-refractivity contribution in [2.45, 2.75) is 0 Å². The van der Waals surface area contributed by atoms with E-state index in [1.807, 2.05) is 24.3 Å². The molecular weight excluding hydrogens is 340 g/mol. The summed E-state index contributed by atoms with van der Waals surface area (Å²) in [7, 11) is 0. The second-order valence-corrected chi connectivity index (χ2v) is 5.09. The van der Waals surface area contributed by atoms with Crippen LogP contribution in [0.2, 0.25) is 0 Å². The van der Waals surface area contributed by atoms with Gasteiger partial charge in [-0.15, -0.1) is 5.01 Å². The van der Waals surface area contributed by atoms with E-state index in [1.54, 1.807) is 6.20 Å². The summed E-state index contributed by atoms with van der Waals surface area (Å²) in [6.07, 6.45) is 2.78. The first-order chi connectivity index (χ1) is 10.1. The van der Waals surface area contributed by atoms with Gasteiger partial charge in [0.05, 0.1) is 6.20 Å². The van der Waals surface area contributed by atoms with Crippen molar-refractivity contribution in [2.75, 3.05) is 6.54 Å². The van der Waals surface area contributed by atoms with E-state index in [1.165, 1.54) is 6.21 Å². The van der Waals surface area contributed by atoms with Gasteiger partial charge >= 0.3 is 6.03 Å². The summed E-state index contributed by atoms with van der Waals surface area (Å²) in [5.74, 6) is 0.359. The number of nitrogens with one attached hydrogen (secondary N) is 1. The molecule has 1 aliphatic rings. The average Bonchev–Trinajstić information content (AvgIpc) is 3.06. The zero-order chi connectivity index (χ0) is 14.8. The second kappa shape index (κ2) is 5.49. The minimum absolute atomic E-state index is 0.0497. The molecule has 0 spiro atoms. The molecule has 3 amide bonds. The Morgan fingerprint density at radius 3 is 2.76 bits per heavy atom. The Morgan fingerprint density at radius 2 is 2.10 bits per heavy atom. The number of hydrogen-bond donors (Lipinski definition) is 1. The highest BCUT2D eigenvalue weighted by Crippen LogP contribution is 2.22. The molecule has 0 atom stereocenters.